The zero-order valence-electron chi connectivity index (χ0n) is 11.4. The van der Waals surface area contributed by atoms with E-state index in [9.17, 15) is 0 Å². The standard InChI is InChI=1S/C15H19N5/c1-2-5-14(6-3-1)13-19-9-11-20(12-10-19)18-15-16-7-4-8-17-15/h1-8H,9-13H2,(H,16,17,18). The van der Waals surface area contributed by atoms with Crippen molar-refractivity contribution in [3.8, 4) is 0 Å². The van der Waals surface area contributed by atoms with Crippen LogP contribution >= 0.6 is 0 Å². The van der Waals surface area contributed by atoms with Crippen LogP contribution in [0.2, 0.25) is 0 Å². The smallest absolute Gasteiger partial charge is 0.237 e. The van der Waals surface area contributed by atoms with Gasteiger partial charge in [0.1, 0.15) is 0 Å². The van der Waals surface area contributed by atoms with E-state index in [2.05, 4.69) is 55.6 Å². The molecule has 1 aliphatic rings. The van der Waals surface area contributed by atoms with Gasteiger partial charge in [-0.15, -0.1) is 0 Å². The highest BCUT2D eigenvalue weighted by Crippen LogP contribution is 2.08. The van der Waals surface area contributed by atoms with Gasteiger partial charge in [0.15, 0.2) is 0 Å². The fraction of sp³-hybridized carbons (Fsp3) is 0.333. The van der Waals surface area contributed by atoms with Crippen LogP contribution in [-0.2, 0) is 6.54 Å². The Morgan fingerprint density at radius 3 is 2.30 bits per heavy atom. The fourth-order valence-corrected chi connectivity index (χ4v) is 2.36. The molecule has 1 aliphatic heterocycles. The Bertz CT molecular complexity index is 459. The van der Waals surface area contributed by atoms with Gasteiger partial charge in [-0.1, -0.05) is 30.3 Å². The summed E-state index contributed by atoms with van der Waals surface area (Å²) >= 11 is 0. The fourth-order valence-electron chi connectivity index (χ4n) is 2.36. The Morgan fingerprint density at radius 1 is 0.900 bits per heavy atom. The summed E-state index contributed by atoms with van der Waals surface area (Å²) in [6.07, 6.45) is 3.50. The number of hydrazine groups is 1. The third kappa shape index (κ3) is 3.53. The van der Waals surface area contributed by atoms with E-state index in [0.29, 0.717) is 5.95 Å². The van der Waals surface area contributed by atoms with Crippen molar-refractivity contribution in [3.63, 3.8) is 0 Å². The minimum Gasteiger partial charge on any atom is -0.296 e. The number of nitrogens with one attached hydrogen (secondary N) is 1. The van der Waals surface area contributed by atoms with Crippen LogP contribution < -0.4 is 5.43 Å². The van der Waals surface area contributed by atoms with Crippen molar-refractivity contribution in [2.45, 2.75) is 6.54 Å². The van der Waals surface area contributed by atoms with Crippen molar-refractivity contribution < 1.29 is 0 Å². The van der Waals surface area contributed by atoms with Crippen molar-refractivity contribution in [2.75, 3.05) is 31.6 Å². The number of anilines is 1. The number of nitrogens with zero attached hydrogens (tertiary/aromatic N) is 4. The lowest BCUT2D eigenvalue weighted by atomic mass is 10.2. The highest BCUT2D eigenvalue weighted by atomic mass is 15.6. The molecule has 0 unspecified atom stereocenters. The molecule has 1 fully saturated rings. The Morgan fingerprint density at radius 2 is 1.60 bits per heavy atom. The van der Waals surface area contributed by atoms with E-state index in [0.717, 1.165) is 32.7 Å². The Hall–Kier alpha value is -1.98. The van der Waals surface area contributed by atoms with E-state index in [-0.39, 0.29) is 0 Å². The van der Waals surface area contributed by atoms with Crippen LogP contribution in [0, 0.1) is 0 Å². The summed E-state index contributed by atoms with van der Waals surface area (Å²) in [6.45, 7) is 5.08. The molecule has 0 spiro atoms. The minimum absolute atomic E-state index is 0.670. The number of hydrogen-bond acceptors (Lipinski definition) is 5. The van der Waals surface area contributed by atoms with Crippen LogP contribution in [0.25, 0.3) is 0 Å². The molecule has 0 saturated carbocycles. The highest BCUT2D eigenvalue weighted by molar-refractivity contribution is 5.20. The second kappa shape index (κ2) is 6.45. The Kier molecular flexibility index (Phi) is 4.20. The summed E-state index contributed by atoms with van der Waals surface area (Å²) in [6, 6.07) is 12.4. The average Bonchev–Trinajstić information content (AvgIpc) is 2.51. The summed E-state index contributed by atoms with van der Waals surface area (Å²) in [4.78, 5) is 10.8. The monoisotopic (exact) mass is 269 g/mol. The maximum Gasteiger partial charge on any atom is 0.237 e. The van der Waals surface area contributed by atoms with Gasteiger partial charge in [-0.3, -0.25) is 10.3 Å². The molecule has 1 saturated heterocycles. The van der Waals surface area contributed by atoms with Crippen LogP contribution in [0.15, 0.2) is 48.8 Å². The molecule has 3 rings (SSSR count). The van der Waals surface area contributed by atoms with Crippen molar-refractivity contribution in [3.05, 3.63) is 54.4 Å². The summed E-state index contributed by atoms with van der Waals surface area (Å²) in [7, 11) is 0. The third-order valence-corrected chi connectivity index (χ3v) is 3.45. The Labute approximate surface area is 119 Å². The molecule has 20 heavy (non-hydrogen) atoms. The molecule has 0 amide bonds. The number of rotatable bonds is 4. The summed E-state index contributed by atoms with van der Waals surface area (Å²) in [5.74, 6) is 0.670. The predicted molar refractivity (Wildman–Crippen MR) is 78.9 cm³/mol. The lowest BCUT2D eigenvalue weighted by molar-refractivity contribution is 0.146. The first-order valence-corrected chi connectivity index (χ1v) is 6.95. The van der Waals surface area contributed by atoms with E-state index in [1.807, 2.05) is 6.07 Å². The number of benzene rings is 1. The normalized spacial score (nSPS) is 17.0. The van der Waals surface area contributed by atoms with Crippen LogP contribution in [0.3, 0.4) is 0 Å². The van der Waals surface area contributed by atoms with Crippen LogP contribution in [0.1, 0.15) is 5.56 Å². The van der Waals surface area contributed by atoms with E-state index in [4.69, 9.17) is 0 Å². The number of piperazine rings is 1. The topological polar surface area (TPSA) is 44.3 Å². The molecule has 0 bridgehead atoms. The van der Waals surface area contributed by atoms with Gasteiger partial charge in [0.25, 0.3) is 0 Å². The number of aromatic nitrogens is 2. The van der Waals surface area contributed by atoms with Crippen LogP contribution in [-0.4, -0.2) is 46.1 Å². The predicted octanol–water partition coefficient (Wildman–Crippen LogP) is 1.62. The number of hydrogen-bond donors (Lipinski definition) is 1. The van der Waals surface area contributed by atoms with Crippen molar-refractivity contribution >= 4 is 5.95 Å². The zero-order chi connectivity index (χ0) is 13.6. The molecule has 5 heteroatoms. The lowest BCUT2D eigenvalue weighted by Crippen LogP contribution is -2.48. The molecular weight excluding hydrogens is 250 g/mol. The molecule has 1 N–H and O–H groups in total. The highest BCUT2D eigenvalue weighted by Gasteiger charge is 2.17. The third-order valence-electron chi connectivity index (χ3n) is 3.45. The van der Waals surface area contributed by atoms with Crippen LogP contribution in [0.5, 0.6) is 0 Å². The van der Waals surface area contributed by atoms with Gasteiger partial charge in [0.05, 0.1) is 0 Å². The molecule has 1 aromatic heterocycles. The van der Waals surface area contributed by atoms with Crippen molar-refractivity contribution in [1.29, 1.82) is 0 Å². The van der Waals surface area contributed by atoms with Gasteiger partial charge in [-0.2, -0.15) is 0 Å². The molecule has 5 nitrogen and oxygen atoms in total. The molecule has 2 heterocycles. The second-order valence-corrected chi connectivity index (χ2v) is 4.93. The SMILES string of the molecule is c1ccc(CN2CCN(Nc3ncccn3)CC2)cc1. The summed E-state index contributed by atoms with van der Waals surface area (Å²) < 4.78 is 0. The first kappa shape index (κ1) is 13.0. The first-order valence-electron chi connectivity index (χ1n) is 6.95. The molecule has 2 aromatic rings. The van der Waals surface area contributed by atoms with Gasteiger partial charge < -0.3 is 0 Å². The summed E-state index contributed by atoms with van der Waals surface area (Å²) in [5.41, 5.74) is 4.62. The van der Waals surface area contributed by atoms with E-state index in [1.54, 1.807) is 12.4 Å². The van der Waals surface area contributed by atoms with Crippen LogP contribution in [0.4, 0.5) is 5.95 Å². The largest absolute Gasteiger partial charge is 0.296 e. The Balaban J connectivity index is 1.47. The maximum atomic E-state index is 4.18. The van der Waals surface area contributed by atoms with E-state index >= 15 is 0 Å². The minimum atomic E-state index is 0.670. The summed E-state index contributed by atoms with van der Waals surface area (Å²) in [5, 5.41) is 2.18. The quantitative estimate of drug-likeness (QED) is 0.914. The van der Waals surface area contributed by atoms with Gasteiger partial charge in [0, 0.05) is 45.1 Å². The van der Waals surface area contributed by atoms with Gasteiger partial charge in [-0.05, 0) is 11.6 Å². The molecule has 0 aliphatic carbocycles. The molecular formula is C15H19N5. The van der Waals surface area contributed by atoms with E-state index in [1.165, 1.54) is 5.56 Å². The van der Waals surface area contributed by atoms with Gasteiger partial charge in [-0.25, -0.2) is 15.0 Å². The average molecular weight is 269 g/mol. The van der Waals surface area contributed by atoms with Crippen molar-refractivity contribution in [2.24, 2.45) is 0 Å². The molecule has 104 valence electrons. The second-order valence-electron chi connectivity index (χ2n) is 4.93. The molecule has 0 atom stereocenters. The van der Waals surface area contributed by atoms with E-state index < -0.39 is 0 Å². The lowest BCUT2D eigenvalue weighted by Gasteiger charge is -2.34. The van der Waals surface area contributed by atoms with Gasteiger partial charge in [0.2, 0.25) is 5.95 Å². The molecule has 1 aromatic carbocycles. The van der Waals surface area contributed by atoms with Gasteiger partial charge >= 0.3 is 0 Å². The first-order chi connectivity index (χ1) is 9.90. The maximum absolute atomic E-state index is 4.18. The van der Waals surface area contributed by atoms with Crippen molar-refractivity contribution in [1.82, 2.24) is 19.9 Å². The zero-order valence-corrected chi connectivity index (χ0v) is 11.4. The molecule has 0 radical (unpaired) electrons.